The summed E-state index contributed by atoms with van der Waals surface area (Å²) in [4.78, 5) is 16.9. The fourth-order valence-corrected chi connectivity index (χ4v) is 1.72. The molecule has 0 fully saturated rings. The second-order valence-corrected chi connectivity index (χ2v) is 4.34. The normalized spacial score (nSPS) is 10.4. The third kappa shape index (κ3) is 2.36. The van der Waals surface area contributed by atoms with Crippen LogP contribution in [0.2, 0.25) is 5.15 Å². The Morgan fingerprint density at radius 3 is 2.72 bits per heavy atom. The Balaban J connectivity index is 2.40. The summed E-state index contributed by atoms with van der Waals surface area (Å²) in [7, 11) is 1.66. The zero-order valence-electron chi connectivity index (χ0n) is 10.4. The summed E-state index contributed by atoms with van der Waals surface area (Å²) < 4.78 is 1.60. The van der Waals surface area contributed by atoms with E-state index in [2.05, 4.69) is 10.1 Å². The minimum atomic E-state index is -0.0986. The summed E-state index contributed by atoms with van der Waals surface area (Å²) in [6.07, 6.45) is 3.41. The van der Waals surface area contributed by atoms with Gasteiger partial charge in [-0.2, -0.15) is 5.10 Å². The zero-order chi connectivity index (χ0) is 13.3. The molecule has 2 aromatic heterocycles. The first-order valence-electron chi connectivity index (χ1n) is 5.41. The van der Waals surface area contributed by atoms with Crippen molar-refractivity contribution in [2.75, 3.05) is 11.9 Å². The molecule has 0 saturated carbocycles. The lowest BCUT2D eigenvalue weighted by Crippen LogP contribution is -2.22. The standard InChI is InChI=1S/C12H13ClN4O/c1-8-4-5-10(6-14-8)17-7-11(12(13)15-17)16(3)9(2)18/h4-7H,1-3H3. The predicted molar refractivity (Wildman–Crippen MR) is 70.2 cm³/mol. The van der Waals surface area contributed by atoms with Gasteiger partial charge in [-0.25, -0.2) is 4.68 Å². The van der Waals surface area contributed by atoms with Gasteiger partial charge in [0.25, 0.3) is 0 Å². The Bertz CT molecular complexity index is 576. The number of anilines is 1. The number of carbonyl (C=O) groups excluding carboxylic acids is 1. The molecule has 0 unspecified atom stereocenters. The van der Waals surface area contributed by atoms with Gasteiger partial charge in [0.2, 0.25) is 5.91 Å². The maximum atomic E-state index is 11.3. The molecule has 0 aromatic carbocycles. The van der Waals surface area contributed by atoms with Gasteiger partial charge in [-0.15, -0.1) is 0 Å². The highest BCUT2D eigenvalue weighted by Gasteiger charge is 2.14. The van der Waals surface area contributed by atoms with Gasteiger partial charge in [0, 0.05) is 19.7 Å². The van der Waals surface area contributed by atoms with Crippen molar-refractivity contribution in [3.05, 3.63) is 35.4 Å². The lowest BCUT2D eigenvalue weighted by molar-refractivity contribution is -0.116. The third-order valence-corrected chi connectivity index (χ3v) is 2.91. The van der Waals surface area contributed by atoms with Crippen LogP contribution < -0.4 is 4.90 Å². The van der Waals surface area contributed by atoms with Crippen LogP contribution in [0.4, 0.5) is 5.69 Å². The van der Waals surface area contributed by atoms with Crippen molar-refractivity contribution in [3.63, 3.8) is 0 Å². The van der Waals surface area contributed by atoms with E-state index < -0.39 is 0 Å². The molecule has 0 atom stereocenters. The monoisotopic (exact) mass is 264 g/mol. The Morgan fingerprint density at radius 2 is 2.17 bits per heavy atom. The number of rotatable bonds is 2. The van der Waals surface area contributed by atoms with Crippen molar-refractivity contribution in [1.29, 1.82) is 0 Å². The summed E-state index contributed by atoms with van der Waals surface area (Å²) >= 11 is 6.02. The molecule has 2 rings (SSSR count). The van der Waals surface area contributed by atoms with Gasteiger partial charge in [-0.1, -0.05) is 11.6 Å². The first-order chi connectivity index (χ1) is 8.49. The Morgan fingerprint density at radius 1 is 1.44 bits per heavy atom. The SMILES string of the molecule is CC(=O)N(C)c1cn(-c2ccc(C)nc2)nc1Cl. The number of halogens is 1. The van der Waals surface area contributed by atoms with Gasteiger partial charge < -0.3 is 4.90 Å². The lowest BCUT2D eigenvalue weighted by atomic mass is 10.3. The van der Waals surface area contributed by atoms with Crippen molar-refractivity contribution in [2.24, 2.45) is 0 Å². The highest BCUT2D eigenvalue weighted by Crippen LogP contribution is 2.24. The number of carbonyl (C=O) groups is 1. The fraction of sp³-hybridized carbons (Fsp3) is 0.250. The molecule has 0 aliphatic carbocycles. The van der Waals surface area contributed by atoms with Crippen LogP contribution in [-0.4, -0.2) is 27.7 Å². The van der Waals surface area contributed by atoms with E-state index in [0.717, 1.165) is 11.4 Å². The molecule has 0 radical (unpaired) electrons. The summed E-state index contributed by atoms with van der Waals surface area (Å²) in [5.74, 6) is -0.0986. The molecule has 0 spiro atoms. The summed E-state index contributed by atoms with van der Waals surface area (Å²) in [5.41, 5.74) is 2.30. The van der Waals surface area contributed by atoms with Crippen molar-refractivity contribution in [3.8, 4) is 5.69 Å². The van der Waals surface area contributed by atoms with Crippen molar-refractivity contribution in [2.45, 2.75) is 13.8 Å². The third-order valence-electron chi connectivity index (χ3n) is 2.65. The van der Waals surface area contributed by atoms with Crippen molar-refractivity contribution in [1.82, 2.24) is 14.8 Å². The number of aryl methyl sites for hydroxylation is 1. The van der Waals surface area contributed by atoms with Gasteiger partial charge in [0.1, 0.15) is 5.69 Å². The molecule has 18 heavy (non-hydrogen) atoms. The van der Waals surface area contributed by atoms with Crippen molar-refractivity contribution >= 4 is 23.2 Å². The number of hydrogen-bond donors (Lipinski definition) is 0. The van der Waals surface area contributed by atoms with Crippen LogP contribution in [0.1, 0.15) is 12.6 Å². The lowest BCUT2D eigenvalue weighted by Gasteiger charge is -2.11. The smallest absolute Gasteiger partial charge is 0.223 e. The summed E-state index contributed by atoms with van der Waals surface area (Å²) in [5, 5.41) is 4.45. The van der Waals surface area contributed by atoms with E-state index in [-0.39, 0.29) is 11.1 Å². The maximum absolute atomic E-state index is 11.3. The molecule has 2 heterocycles. The molecule has 1 amide bonds. The highest BCUT2D eigenvalue weighted by molar-refractivity contribution is 6.32. The van der Waals surface area contributed by atoms with Crippen LogP contribution in [-0.2, 0) is 4.79 Å². The summed E-state index contributed by atoms with van der Waals surface area (Å²) in [6, 6.07) is 3.78. The van der Waals surface area contributed by atoms with Crippen LogP contribution >= 0.6 is 11.6 Å². The largest absolute Gasteiger partial charge is 0.312 e. The average Bonchev–Trinajstić information content (AvgIpc) is 2.71. The van der Waals surface area contributed by atoms with Crippen LogP contribution in [0, 0.1) is 6.92 Å². The minimum absolute atomic E-state index is 0.0986. The summed E-state index contributed by atoms with van der Waals surface area (Å²) in [6.45, 7) is 3.38. The molecule has 0 bridgehead atoms. The van der Waals surface area contributed by atoms with Gasteiger partial charge >= 0.3 is 0 Å². The quantitative estimate of drug-likeness (QED) is 0.836. The highest BCUT2D eigenvalue weighted by atomic mass is 35.5. The molecule has 0 aliphatic heterocycles. The van der Waals surface area contributed by atoms with E-state index in [1.165, 1.54) is 11.8 Å². The second-order valence-electron chi connectivity index (χ2n) is 3.99. The average molecular weight is 265 g/mol. The number of nitrogens with zero attached hydrogens (tertiary/aromatic N) is 4. The molecule has 0 aliphatic rings. The van der Waals surface area contributed by atoms with E-state index in [9.17, 15) is 4.79 Å². The van der Waals surface area contributed by atoms with Crippen molar-refractivity contribution < 1.29 is 4.79 Å². The molecule has 94 valence electrons. The van der Waals surface area contributed by atoms with E-state index in [4.69, 9.17) is 11.6 Å². The maximum Gasteiger partial charge on any atom is 0.223 e. The fourth-order valence-electron chi connectivity index (χ4n) is 1.47. The van der Waals surface area contributed by atoms with Gasteiger partial charge in [0.05, 0.1) is 18.1 Å². The molecule has 0 N–H and O–H groups in total. The number of aromatic nitrogens is 3. The molecule has 0 saturated heterocycles. The van der Waals surface area contributed by atoms with E-state index in [1.807, 2.05) is 19.1 Å². The molecular formula is C12H13ClN4O. The number of hydrogen-bond acceptors (Lipinski definition) is 3. The van der Waals surface area contributed by atoms with E-state index in [0.29, 0.717) is 5.69 Å². The predicted octanol–water partition coefficient (Wildman–Crippen LogP) is 2.21. The van der Waals surface area contributed by atoms with Gasteiger partial charge in [-0.3, -0.25) is 9.78 Å². The van der Waals surface area contributed by atoms with E-state index in [1.54, 1.807) is 24.1 Å². The topological polar surface area (TPSA) is 51.0 Å². The minimum Gasteiger partial charge on any atom is -0.312 e. The molecule has 2 aromatic rings. The van der Waals surface area contributed by atoms with E-state index >= 15 is 0 Å². The molecule has 5 nitrogen and oxygen atoms in total. The Hall–Kier alpha value is -1.88. The first kappa shape index (κ1) is 12.6. The molecule has 6 heteroatoms. The van der Waals surface area contributed by atoms with Crippen LogP contribution in [0.15, 0.2) is 24.5 Å². The van der Waals surface area contributed by atoms with Crippen LogP contribution in [0.25, 0.3) is 5.69 Å². The Labute approximate surface area is 110 Å². The zero-order valence-corrected chi connectivity index (χ0v) is 11.1. The van der Waals surface area contributed by atoms with Gasteiger partial charge in [-0.05, 0) is 19.1 Å². The number of amides is 1. The van der Waals surface area contributed by atoms with Crippen LogP contribution in [0.3, 0.4) is 0 Å². The molecular weight excluding hydrogens is 252 g/mol. The van der Waals surface area contributed by atoms with Crippen LogP contribution in [0.5, 0.6) is 0 Å². The second kappa shape index (κ2) is 4.78. The first-order valence-corrected chi connectivity index (χ1v) is 5.79. The Kier molecular flexibility index (Phi) is 3.34. The van der Waals surface area contributed by atoms with Gasteiger partial charge in [0.15, 0.2) is 5.15 Å². The number of pyridine rings is 1.